The van der Waals surface area contributed by atoms with Crippen molar-refractivity contribution in [2.45, 2.75) is 16.7 Å². The average Bonchev–Trinajstić information content (AvgIpc) is 3.74. The highest BCUT2D eigenvalue weighted by atomic mass is 32.2. The van der Waals surface area contributed by atoms with Gasteiger partial charge in [0.15, 0.2) is 6.61 Å². The van der Waals surface area contributed by atoms with Crippen LogP contribution < -0.4 is 9.46 Å². The topological polar surface area (TPSA) is 128 Å². The first-order chi connectivity index (χ1) is 18.9. The number of esters is 1. The van der Waals surface area contributed by atoms with Crippen LogP contribution in [-0.2, 0) is 19.6 Å². The van der Waals surface area contributed by atoms with Crippen LogP contribution in [-0.4, -0.2) is 44.7 Å². The average molecular weight is 566 g/mol. The Bertz CT molecular complexity index is 1600. The number of hydrogen-bond donors (Lipinski definition) is 1. The second kappa shape index (κ2) is 11.1. The van der Waals surface area contributed by atoms with Crippen molar-refractivity contribution in [3.63, 3.8) is 0 Å². The first kappa shape index (κ1) is 26.2. The molecule has 0 spiro atoms. The molecule has 4 aromatic rings. The maximum atomic E-state index is 13.2. The fourth-order valence-corrected chi connectivity index (χ4v) is 6.11. The second-order valence-electron chi connectivity index (χ2n) is 8.41. The lowest BCUT2D eigenvalue weighted by molar-refractivity contribution is -0.136. The molecule has 0 fully saturated rings. The summed E-state index contributed by atoms with van der Waals surface area (Å²) in [5.41, 5.74) is 1.48. The first-order valence-electron chi connectivity index (χ1n) is 11.8. The Balaban J connectivity index is 1.32. The molecule has 0 aliphatic carbocycles. The summed E-state index contributed by atoms with van der Waals surface area (Å²) in [5.74, 6) is -0.196. The van der Waals surface area contributed by atoms with Crippen molar-refractivity contribution in [1.82, 2.24) is 5.01 Å². The highest BCUT2D eigenvalue weighted by molar-refractivity contribution is 7.94. The van der Waals surface area contributed by atoms with Gasteiger partial charge >= 0.3 is 5.97 Å². The summed E-state index contributed by atoms with van der Waals surface area (Å²) in [6.45, 7) is -0.610. The van der Waals surface area contributed by atoms with Crippen molar-refractivity contribution >= 4 is 44.6 Å². The highest BCUT2D eigenvalue weighted by Crippen LogP contribution is 2.33. The number of ether oxygens (including phenoxy) is 2. The third-order valence-electron chi connectivity index (χ3n) is 5.94. The minimum absolute atomic E-state index is 0.0307. The van der Waals surface area contributed by atoms with Crippen LogP contribution in [0.15, 0.2) is 98.2 Å². The molecule has 0 saturated heterocycles. The van der Waals surface area contributed by atoms with Gasteiger partial charge in [-0.25, -0.2) is 18.2 Å². The fourth-order valence-electron chi connectivity index (χ4n) is 4.03. The largest absolute Gasteiger partial charge is 0.497 e. The van der Waals surface area contributed by atoms with Crippen molar-refractivity contribution in [2.24, 2.45) is 5.10 Å². The third-order valence-corrected chi connectivity index (χ3v) is 8.70. The summed E-state index contributed by atoms with van der Waals surface area (Å²) in [4.78, 5) is 26.1. The molecule has 5 rings (SSSR count). The molecular formula is C27H23N3O7S2. The number of carbonyl (C=O) groups is 2. The maximum Gasteiger partial charge on any atom is 0.340 e. The number of carbonyl (C=O) groups excluding carboxylic acids is 2. The number of methoxy groups -OCH3 is 1. The molecule has 2 aromatic carbocycles. The normalized spacial score (nSPS) is 15.1. The molecule has 0 radical (unpaired) electrons. The molecular weight excluding hydrogens is 542 g/mol. The summed E-state index contributed by atoms with van der Waals surface area (Å²) in [5, 5.41) is 7.40. The van der Waals surface area contributed by atoms with E-state index in [9.17, 15) is 18.0 Å². The molecule has 200 valence electrons. The smallest absolute Gasteiger partial charge is 0.340 e. The van der Waals surface area contributed by atoms with Crippen LogP contribution in [0.5, 0.6) is 5.75 Å². The van der Waals surface area contributed by atoms with Gasteiger partial charge in [-0.15, -0.1) is 11.3 Å². The lowest BCUT2D eigenvalue weighted by Crippen LogP contribution is -2.31. The number of hydrazone groups is 1. The summed E-state index contributed by atoms with van der Waals surface area (Å²) in [6.07, 6.45) is 1.91. The van der Waals surface area contributed by atoms with Gasteiger partial charge in [-0.05, 0) is 65.5 Å². The summed E-state index contributed by atoms with van der Waals surface area (Å²) >= 11 is 1.05. The molecule has 1 N–H and O–H groups in total. The molecule has 1 atom stereocenters. The number of furan rings is 1. The fraction of sp³-hybridized carbons (Fsp3) is 0.148. The Labute approximate surface area is 228 Å². The maximum absolute atomic E-state index is 13.2. The van der Waals surface area contributed by atoms with E-state index in [2.05, 4.69) is 9.82 Å². The van der Waals surface area contributed by atoms with Crippen LogP contribution in [0.4, 0.5) is 5.69 Å². The van der Waals surface area contributed by atoms with E-state index in [0.717, 1.165) is 16.9 Å². The van der Waals surface area contributed by atoms with E-state index < -0.39 is 34.5 Å². The zero-order valence-electron chi connectivity index (χ0n) is 20.6. The molecule has 10 nitrogen and oxygen atoms in total. The Morgan fingerprint density at radius 2 is 1.87 bits per heavy atom. The predicted octanol–water partition coefficient (Wildman–Crippen LogP) is 4.69. The lowest BCUT2D eigenvalue weighted by Gasteiger charge is -2.20. The molecule has 39 heavy (non-hydrogen) atoms. The number of amides is 1. The van der Waals surface area contributed by atoms with Crippen molar-refractivity contribution in [2.75, 3.05) is 18.4 Å². The third kappa shape index (κ3) is 5.71. The Morgan fingerprint density at radius 3 is 2.56 bits per heavy atom. The van der Waals surface area contributed by atoms with Crippen LogP contribution in [0.25, 0.3) is 0 Å². The van der Waals surface area contributed by atoms with E-state index in [-0.39, 0.29) is 15.5 Å². The van der Waals surface area contributed by atoms with Gasteiger partial charge < -0.3 is 13.9 Å². The van der Waals surface area contributed by atoms with E-state index in [1.807, 2.05) is 12.1 Å². The molecule has 1 aliphatic rings. The monoisotopic (exact) mass is 565 g/mol. The predicted molar refractivity (Wildman–Crippen MR) is 144 cm³/mol. The molecule has 1 aliphatic heterocycles. The number of nitrogens with zero attached hydrogens (tertiary/aromatic N) is 2. The van der Waals surface area contributed by atoms with Crippen molar-refractivity contribution in [3.05, 3.63) is 101 Å². The quantitative estimate of drug-likeness (QED) is 0.292. The number of hydrogen-bond acceptors (Lipinski definition) is 9. The van der Waals surface area contributed by atoms with Gasteiger partial charge in [0.2, 0.25) is 0 Å². The Hall–Kier alpha value is -4.42. The summed E-state index contributed by atoms with van der Waals surface area (Å²) in [7, 11) is -2.31. The summed E-state index contributed by atoms with van der Waals surface area (Å²) in [6, 6.07) is 19.3. The minimum Gasteiger partial charge on any atom is -0.497 e. The highest BCUT2D eigenvalue weighted by Gasteiger charge is 2.35. The number of rotatable bonds is 9. The first-order valence-corrected chi connectivity index (χ1v) is 14.1. The SMILES string of the molecule is COc1ccc(C2=NN(C(=O)COC(=O)c3ccccc3NS(=O)(=O)c3cccs3)[C@H](c3ccco3)C2)cc1. The number of sulfonamides is 1. The Kier molecular flexibility index (Phi) is 7.48. The zero-order valence-corrected chi connectivity index (χ0v) is 22.3. The van der Waals surface area contributed by atoms with Crippen molar-refractivity contribution in [3.8, 4) is 5.75 Å². The van der Waals surface area contributed by atoms with Gasteiger partial charge in [-0.1, -0.05) is 18.2 Å². The van der Waals surface area contributed by atoms with E-state index in [1.54, 1.807) is 55.0 Å². The molecule has 0 unspecified atom stereocenters. The Morgan fingerprint density at radius 1 is 1.08 bits per heavy atom. The van der Waals surface area contributed by atoms with Crippen LogP contribution in [0.3, 0.4) is 0 Å². The van der Waals surface area contributed by atoms with E-state index in [1.165, 1.54) is 29.5 Å². The van der Waals surface area contributed by atoms with Crippen LogP contribution >= 0.6 is 11.3 Å². The molecule has 2 aromatic heterocycles. The zero-order chi connectivity index (χ0) is 27.4. The van der Waals surface area contributed by atoms with Gasteiger partial charge in [-0.3, -0.25) is 9.52 Å². The number of thiophene rings is 1. The van der Waals surface area contributed by atoms with Gasteiger partial charge in [-0.2, -0.15) is 5.10 Å². The molecule has 3 heterocycles. The van der Waals surface area contributed by atoms with Gasteiger partial charge in [0.25, 0.3) is 15.9 Å². The number of benzene rings is 2. The van der Waals surface area contributed by atoms with Crippen LogP contribution in [0.1, 0.15) is 34.1 Å². The van der Waals surface area contributed by atoms with Gasteiger partial charge in [0.1, 0.15) is 21.8 Å². The molecule has 1 amide bonds. The van der Waals surface area contributed by atoms with Crippen LogP contribution in [0, 0.1) is 0 Å². The van der Waals surface area contributed by atoms with E-state index >= 15 is 0 Å². The standard InChI is InChI=1S/C27H23N3O7S2/c1-35-19-12-10-18(11-13-19)22-16-23(24-8-4-14-36-24)30(28-22)25(31)17-37-27(32)20-6-2-3-7-21(20)29-39(33,34)26-9-5-15-38-26/h2-15,23,29H,16-17H2,1H3/t23-/m0/s1. The van der Waals surface area contributed by atoms with E-state index in [4.69, 9.17) is 13.9 Å². The van der Waals surface area contributed by atoms with Crippen LogP contribution in [0.2, 0.25) is 0 Å². The minimum atomic E-state index is -3.89. The molecule has 12 heteroatoms. The van der Waals surface area contributed by atoms with Crippen molar-refractivity contribution < 1.29 is 31.9 Å². The summed E-state index contributed by atoms with van der Waals surface area (Å²) < 4.78 is 43.9. The van der Waals surface area contributed by atoms with E-state index in [0.29, 0.717) is 23.6 Å². The number of para-hydroxylation sites is 1. The second-order valence-corrected chi connectivity index (χ2v) is 11.3. The lowest BCUT2D eigenvalue weighted by atomic mass is 10.0. The van der Waals surface area contributed by atoms with Gasteiger partial charge in [0, 0.05) is 6.42 Å². The molecule has 0 bridgehead atoms. The number of nitrogens with one attached hydrogen (secondary N) is 1. The molecule has 0 saturated carbocycles. The van der Waals surface area contributed by atoms with Gasteiger partial charge in [0.05, 0.1) is 30.3 Å². The van der Waals surface area contributed by atoms with Crippen molar-refractivity contribution in [1.29, 1.82) is 0 Å². The number of anilines is 1.